The van der Waals surface area contributed by atoms with Crippen LogP contribution in [0.4, 0.5) is 0 Å². The molecule has 16 heavy (non-hydrogen) atoms. The normalized spacial score (nSPS) is 11.2. The summed E-state index contributed by atoms with van der Waals surface area (Å²) >= 11 is 6.13. The number of ether oxygens (including phenoxy) is 1. The van der Waals surface area contributed by atoms with E-state index in [2.05, 4.69) is 17.0 Å². The summed E-state index contributed by atoms with van der Waals surface area (Å²) in [5, 5.41) is 4.89. The third-order valence-electron chi connectivity index (χ3n) is 2.29. The van der Waals surface area contributed by atoms with Crippen LogP contribution in [0.2, 0.25) is 5.15 Å². The highest BCUT2D eigenvalue weighted by molar-refractivity contribution is 6.29. The van der Waals surface area contributed by atoms with Crippen LogP contribution in [0.1, 0.15) is 24.7 Å². The van der Waals surface area contributed by atoms with Gasteiger partial charge in [-0.25, -0.2) is 9.50 Å². The van der Waals surface area contributed by atoms with Crippen LogP contribution in [0, 0.1) is 0 Å². The molecule has 0 saturated carbocycles. The fourth-order valence-electron chi connectivity index (χ4n) is 1.64. The third kappa shape index (κ3) is 2.18. The first kappa shape index (κ1) is 11.4. The lowest BCUT2D eigenvalue weighted by atomic mass is 10.2. The van der Waals surface area contributed by atoms with E-state index in [0.29, 0.717) is 11.8 Å². The van der Waals surface area contributed by atoms with Gasteiger partial charge in [-0.15, -0.1) is 0 Å². The first-order valence-electron chi connectivity index (χ1n) is 5.27. The maximum Gasteiger partial charge on any atom is 0.157 e. The van der Waals surface area contributed by atoms with Crippen molar-refractivity contribution in [3.05, 3.63) is 28.7 Å². The number of hydrogen-bond donors (Lipinski definition) is 0. The van der Waals surface area contributed by atoms with Crippen LogP contribution in [-0.4, -0.2) is 21.7 Å². The molecule has 2 aromatic rings. The van der Waals surface area contributed by atoms with Crippen molar-refractivity contribution in [1.82, 2.24) is 14.6 Å². The van der Waals surface area contributed by atoms with Crippen molar-refractivity contribution in [2.75, 3.05) is 7.11 Å². The number of nitrogens with zero attached hydrogens (tertiary/aromatic N) is 3. The van der Waals surface area contributed by atoms with Crippen molar-refractivity contribution in [2.24, 2.45) is 0 Å². The smallest absolute Gasteiger partial charge is 0.157 e. The first-order valence-corrected chi connectivity index (χ1v) is 5.65. The fourth-order valence-corrected chi connectivity index (χ4v) is 1.89. The number of halogens is 1. The second-order valence-corrected chi connectivity index (χ2v) is 4.05. The molecule has 0 unspecified atom stereocenters. The van der Waals surface area contributed by atoms with Gasteiger partial charge in [0.15, 0.2) is 5.65 Å². The molecule has 0 fully saturated rings. The summed E-state index contributed by atoms with van der Waals surface area (Å²) < 4.78 is 6.66. The summed E-state index contributed by atoms with van der Waals surface area (Å²) in [6.07, 6.45) is 1.99. The minimum absolute atomic E-state index is 0.475. The van der Waals surface area contributed by atoms with Gasteiger partial charge < -0.3 is 4.74 Å². The quantitative estimate of drug-likeness (QED) is 0.770. The average Bonchev–Trinajstić information content (AvgIpc) is 2.62. The van der Waals surface area contributed by atoms with E-state index in [0.717, 1.165) is 29.9 Å². The second-order valence-electron chi connectivity index (χ2n) is 3.66. The van der Waals surface area contributed by atoms with E-state index in [1.807, 2.05) is 12.1 Å². The van der Waals surface area contributed by atoms with Crippen molar-refractivity contribution in [3.8, 4) is 0 Å². The Bertz CT molecular complexity index is 495. The van der Waals surface area contributed by atoms with E-state index < -0.39 is 0 Å². The Labute approximate surface area is 99.2 Å². The minimum atomic E-state index is 0.475. The Kier molecular flexibility index (Phi) is 3.41. The summed E-state index contributed by atoms with van der Waals surface area (Å²) in [7, 11) is 1.64. The molecule has 0 N–H and O–H groups in total. The highest BCUT2D eigenvalue weighted by atomic mass is 35.5. The standard InChI is InChI=1S/C11H14ClN3O/c1-3-4-8-5-10(12)15-11(13-8)6-9(14-15)7-16-2/h5-6H,3-4,7H2,1-2H3. The van der Waals surface area contributed by atoms with Crippen LogP contribution >= 0.6 is 11.6 Å². The summed E-state index contributed by atoms with van der Waals surface area (Å²) in [4.78, 5) is 4.49. The molecule has 0 bridgehead atoms. The van der Waals surface area contributed by atoms with E-state index in [4.69, 9.17) is 16.3 Å². The van der Waals surface area contributed by atoms with Crippen molar-refractivity contribution in [1.29, 1.82) is 0 Å². The lowest BCUT2D eigenvalue weighted by Crippen LogP contribution is -1.97. The molecule has 0 radical (unpaired) electrons. The Morgan fingerprint density at radius 2 is 2.19 bits per heavy atom. The van der Waals surface area contributed by atoms with Crippen molar-refractivity contribution in [3.63, 3.8) is 0 Å². The van der Waals surface area contributed by atoms with E-state index in [1.54, 1.807) is 11.6 Å². The van der Waals surface area contributed by atoms with Gasteiger partial charge in [-0.05, 0) is 12.5 Å². The van der Waals surface area contributed by atoms with Gasteiger partial charge in [-0.2, -0.15) is 5.10 Å². The third-order valence-corrected chi connectivity index (χ3v) is 2.55. The lowest BCUT2D eigenvalue weighted by molar-refractivity contribution is 0.181. The van der Waals surface area contributed by atoms with E-state index in [9.17, 15) is 0 Å². The molecular formula is C11H14ClN3O. The van der Waals surface area contributed by atoms with Crippen molar-refractivity contribution in [2.45, 2.75) is 26.4 Å². The van der Waals surface area contributed by atoms with Crippen LogP contribution < -0.4 is 0 Å². The number of hydrogen-bond acceptors (Lipinski definition) is 3. The fraction of sp³-hybridized carbons (Fsp3) is 0.455. The molecule has 0 aliphatic carbocycles. The minimum Gasteiger partial charge on any atom is -0.378 e. The predicted octanol–water partition coefficient (Wildman–Crippen LogP) is 2.48. The van der Waals surface area contributed by atoms with Crippen LogP contribution in [0.25, 0.3) is 5.65 Å². The molecule has 0 aromatic carbocycles. The number of aryl methyl sites for hydroxylation is 1. The molecule has 0 aliphatic rings. The molecule has 86 valence electrons. The van der Waals surface area contributed by atoms with Crippen LogP contribution in [-0.2, 0) is 17.8 Å². The van der Waals surface area contributed by atoms with Gasteiger partial charge in [0.25, 0.3) is 0 Å². The van der Waals surface area contributed by atoms with Gasteiger partial charge in [0.05, 0.1) is 12.3 Å². The zero-order valence-corrected chi connectivity index (χ0v) is 10.2. The largest absolute Gasteiger partial charge is 0.378 e. The average molecular weight is 240 g/mol. The van der Waals surface area contributed by atoms with Crippen LogP contribution in [0.15, 0.2) is 12.1 Å². The summed E-state index contributed by atoms with van der Waals surface area (Å²) in [6, 6.07) is 3.76. The van der Waals surface area contributed by atoms with E-state index in [-0.39, 0.29) is 0 Å². The lowest BCUT2D eigenvalue weighted by Gasteiger charge is -2.00. The molecular weight excluding hydrogens is 226 g/mol. The number of fused-ring (bicyclic) bond motifs is 1. The molecule has 0 atom stereocenters. The Hall–Kier alpha value is -1.13. The van der Waals surface area contributed by atoms with Gasteiger partial charge in [-0.3, -0.25) is 0 Å². The zero-order chi connectivity index (χ0) is 11.5. The summed E-state index contributed by atoms with van der Waals surface area (Å²) in [5.41, 5.74) is 2.62. The molecule has 5 heteroatoms. The summed E-state index contributed by atoms with van der Waals surface area (Å²) in [6.45, 7) is 2.59. The molecule has 0 aliphatic heterocycles. The van der Waals surface area contributed by atoms with E-state index >= 15 is 0 Å². The maximum absolute atomic E-state index is 6.13. The molecule has 2 rings (SSSR count). The van der Waals surface area contributed by atoms with Crippen LogP contribution in [0.3, 0.4) is 0 Å². The van der Waals surface area contributed by atoms with E-state index in [1.165, 1.54) is 0 Å². The Morgan fingerprint density at radius 1 is 1.38 bits per heavy atom. The van der Waals surface area contributed by atoms with Gasteiger partial charge in [0, 0.05) is 18.9 Å². The predicted molar refractivity (Wildman–Crippen MR) is 62.7 cm³/mol. The number of methoxy groups -OCH3 is 1. The number of rotatable bonds is 4. The summed E-state index contributed by atoms with van der Waals surface area (Å²) in [5.74, 6) is 0. The van der Waals surface area contributed by atoms with Gasteiger partial charge in [0.1, 0.15) is 5.15 Å². The maximum atomic E-state index is 6.13. The van der Waals surface area contributed by atoms with Crippen molar-refractivity contribution < 1.29 is 4.74 Å². The number of aromatic nitrogens is 3. The Morgan fingerprint density at radius 3 is 2.88 bits per heavy atom. The molecule has 2 heterocycles. The highest BCUT2D eigenvalue weighted by Gasteiger charge is 2.07. The molecule has 4 nitrogen and oxygen atoms in total. The van der Waals surface area contributed by atoms with Crippen LogP contribution in [0.5, 0.6) is 0 Å². The Balaban J connectivity index is 2.45. The highest BCUT2D eigenvalue weighted by Crippen LogP contribution is 2.15. The van der Waals surface area contributed by atoms with Gasteiger partial charge in [0.2, 0.25) is 0 Å². The monoisotopic (exact) mass is 239 g/mol. The first-order chi connectivity index (χ1) is 7.74. The van der Waals surface area contributed by atoms with Gasteiger partial charge >= 0.3 is 0 Å². The topological polar surface area (TPSA) is 39.4 Å². The molecule has 0 spiro atoms. The molecule has 2 aromatic heterocycles. The second kappa shape index (κ2) is 4.80. The SMILES string of the molecule is CCCc1cc(Cl)n2nc(COC)cc2n1. The molecule has 0 amide bonds. The van der Waals surface area contributed by atoms with Gasteiger partial charge in [-0.1, -0.05) is 24.9 Å². The zero-order valence-electron chi connectivity index (χ0n) is 9.40. The molecule has 0 saturated heterocycles. The van der Waals surface area contributed by atoms with Crippen molar-refractivity contribution >= 4 is 17.2 Å².